The summed E-state index contributed by atoms with van der Waals surface area (Å²) in [7, 11) is 0. The molecular formula is C19H23N5O2. The lowest BCUT2D eigenvalue weighted by molar-refractivity contribution is 0.0944. The molecule has 26 heavy (non-hydrogen) atoms. The fraction of sp³-hybridized carbons (Fsp3) is 0.316. The minimum atomic E-state index is -0.223. The van der Waals surface area contributed by atoms with Crippen LogP contribution in [-0.4, -0.2) is 25.5 Å². The van der Waals surface area contributed by atoms with Crippen LogP contribution in [-0.2, 0) is 19.8 Å². The van der Waals surface area contributed by atoms with E-state index in [2.05, 4.69) is 21.6 Å². The Morgan fingerprint density at radius 3 is 2.65 bits per heavy atom. The van der Waals surface area contributed by atoms with Gasteiger partial charge in [0.1, 0.15) is 11.4 Å². The van der Waals surface area contributed by atoms with Gasteiger partial charge >= 0.3 is 0 Å². The van der Waals surface area contributed by atoms with Crippen molar-refractivity contribution in [1.82, 2.24) is 24.9 Å². The highest BCUT2D eigenvalue weighted by molar-refractivity contribution is 5.92. The van der Waals surface area contributed by atoms with Gasteiger partial charge in [0.15, 0.2) is 6.73 Å². The lowest BCUT2D eigenvalue weighted by Gasteiger charge is -2.08. The Labute approximate surface area is 152 Å². The summed E-state index contributed by atoms with van der Waals surface area (Å²) in [5.41, 5.74) is 3.61. The zero-order valence-electron chi connectivity index (χ0n) is 15.3. The molecule has 7 heteroatoms. The topological polar surface area (TPSA) is 74.0 Å². The van der Waals surface area contributed by atoms with Crippen molar-refractivity contribution in [3.8, 4) is 5.75 Å². The smallest absolute Gasteiger partial charge is 0.272 e. The molecule has 0 radical (unpaired) electrons. The van der Waals surface area contributed by atoms with Crippen LogP contribution in [0.1, 0.15) is 34.1 Å². The third kappa shape index (κ3) is 4.50. The largest absolute Gasteiger partial charge is 0.471 e. The minimum absolute atomic E-state index is 0.223. The van der Waals surface area contributed by atoms with Crippen molar-refractivity contribution < 1.29 is 9.53 Å². The molecule has 0 saturated heterocycles. The molecule has 3 rings (SSSR count). The van der Waals surface area contributed by atoms with Crippen LogP contribution >= 0.6 is 0 Å². The molecule has 0 saturated carbocycles. The first-order valence-corrected chi connectivity index (χ1v) is 8.57. The van der Waals surface area contributed by atoms with Crippen molar-refractivity contribution in [2.45, 2.75) is 40.6 Å². The van der Waals surface area contributed by atoms with Gasteiger partial charge in [-0.3, -0.25) is 9.48 Å². The molecular weight excluding hydrogens is 330 g/mol. The molecule has 7 nitrogen and oxygen atoms in total. The van der Waals surface area contributed by atoms with Crippen LogP contribution in [0, 0.1) is 13.8 Å². The van der Waals surface area contributed by atoms with Crippen LogP contribution in [0.2, 0.25) is 0 Å². The molecule has 2 heterocycles. The van der Waals surface area contributed by atoms with Crippen LogP contribution in [0.4, 0.5) is 0 Å². The van der Waals surface area contributed by atoms with Gasteiger partial charge in [-0.25, -0.2) is 4.68 Å². The highest BCUT2D eigenvalue weighted by Crippen LogP contribution is 2.16. The molecule has 3 aromatic rings. The van der Waals surface area contributed by atoms with Crippen molar-refractivity contribution in [3.05, 3.63) is 65.2 Å². The maximum Gasteiger partial charge on any atom is 0.272 e. The number of aryl methyl sites for hydroxylation is 3. The minimum Gasteiger partial charge on any atom is -0.471 e. The summed E-state index contributed by atoms with van der Waals surface area (Å²) in [6.07, 6.45) is 5.39. The Morgan fingerprint density at radius 2 is 1.96 bits per heavy atom. The average molecular weight is 353 g/mol. The number of carbonyl (C=O) groups excluding carboxylic acids is 1. The van der Waals surface area contributed by atoms with Crippen LogP contribution < -0.4 is 10.1 Å². The van der Waals surface area contributed by atoms with Gasteiger partial charge in [0.25, 0.3) is 5.91 Å². The van der Waals surface area contributed by atoms with E-state index in [1.165, 1.54) is 0 Å². The third-order valence-corrected chi connectivity index (χ3v) is 3.90. The molecule has 1 aromatic carbocycles. The normalized spacial score (nSPS) is 10.7. The van der Waals surface area contributed by atoms with E-state index in [0.29, 0.717) is 12.2 Å². The Bertz CT molecular complexity index is 877. The van der Waals surface area contributed by atoms with Crippen LogP contribution in [0.3, 0.4) is 0 Å². The van der Waals surface area contributed by atoms with Gasteiger partial charge < -0.3 is 10.1 Å². The van der Waals surface area contributed by atoms with E-state index in [-0.39, 0.29) is 12.6 Å². The number of rotatable bonds is 7. The summed E-state index contributed by atoms with van der Waals surface area (Å²) in [6.45, 7) is 7.55. The van der Waals surface area contributed by atoms with Gasteiger partial charge in [0.2, 0.25) is 0 Å². The maximum absolute atomic E-state index is 12.2. The van der Waals surface area contributed by atoms with Gasteiger partial charge in [-0.15, -0.1) is 0 Å². The number of hydrogen-bond donors (Lipinski definition) is 1. The summed E-state index contributed by atoms with van der Waals surface area (Å²) in [5.74, 6) is 0.566. The highest BCUT2D eigenvalue weighted by Gasteiger charge is 2.10. The number of ether oxygens (including phenoxy) is 1. The molecule has 1 N–H and O–H groups in total. The summed E-state index contributed by atoms with van der Waals surface area (Å²) >= 11 is 0. The molecule has 2 aromatic heterocycles. The van der Waals surface area contributed by atoms with Gasteiger partial charge in [-0.1, -0.05) is 6.07 Å². The van der Waals surface area contributed by atoms with Crippen LogP contribution in [0.15, 0.2) is 42.9 Å². The number of benzene rings is 1. The van der Waals surface area contributed by atoms with E-state index in [1.54, 1.807) is 23.1 Å². The first kappa shape index (κ1) is 17.7. The zero-order chi connectivity index (χ0) is 18.5. The number of hydrogen-bond acceptors (Lipinski definition) is 4. The van der Waals surface area contributed by atoms with Crippen molar-refractivity contribution in [2.75, 3.05) is 0 Å². The molecule has 0 spiro atoms. The first-order valence-electron chi connectivity index (χ1n) is 8.57. The average Bonchev–Trinajstić information content (AvgIpc) is 3.26. The molecule has 0 unspecified atom stereocenters. The number of aromatic nitrogens is 4. The fourth-order valence-corrected chi connectivity index (χ4v) is 2.66. The number of carbonyl (C=O) groups is 1. The molecule has 1 amide bonds. The van der Waals surface area contributed by atoms with E-state index >= 15 is 0 Å². The van der Waals surface area contributed by atoms with Gasteiger partial charge in [-0.05, 0) is 50.1 Å². The molecule has 0 aliphatic carbocycles. The lowest BCUT2D eigenvalue weighted by Crippen LogP contribution is -2.23. The standard InChI is InChI=1S/C19H23N5O2/c1-4-23-12-16(11-21-23)10-20-19(25)18-5-6-24(22-18)13-26-17-8-14(2)7-15(3)9-17/h5-9,11-12H,4,10,13H2,1-3H3,(H,20,25). The summed E-state index contributed by atoms with van der Waals surface area (Å²) in [4.78, 5) is 12.2. The lowest BCUT2D eigenvalue weighted by atomic mass is 10.1. The number of amides is 1. The molecule has 0 atom stereocenters. The predicted octanol–water partition coefficient (Wildman–Crippen LogP) is 2.68. The molecule has 0 aliphatic rings. The molecule has 0 aliphatic heterocycles. The quantitative estimate of drug-likeness (QED) is 0.709. The Hall–Kier alpha value is -3.09. The second kappa shape index (κ2) is 7.86. The number of nitrogens with one attached hydrogen (secondary N) is 1. The van der Waals surface area contributed by atoms with Crippen molar-refractivity contribution in [2.24, 2.45) is 0 Å². The van der Waals surface area contributed by atoms with E-state index in [1.807, 2.05) is 43.8 Å². The van der Waals surface area contributed by atoms with Crippen molar-refractivity contribution in [3.63, 3.8) is 0 Å². The Morgan fingerprint density at radius 1 is 1.19 bits per heavy atom. The Kier molecular flexibility index (Phi) is 5.36. The predicted molar refractivity (Wildman–Crippen MR) is 97.8 cm³/mol. The SMILES string of the molecule is CCn1cc(CNC(=O)c2ccn(COc3cc(C)cc(C)c3)n2)cn1. The van der Waals surface area contributed by atoms with E-state index in [4.69, 9.17) is 4.74 Å². The van der Waals surface area contributed by atoms with Crippen LogP contribution in [0.25, 0.3) is 0 Å². The van der Waals surface area contributed by atoms with Gasteiger partial charge in [0.05, 0.1) is 6.20 Å². The van der Waals surface area contributed by atoms with Crippen molar-refractivity contribution in [1.29, 1.82) is 0 Å². The summed E-state index contributed by atoms with van der Waals surface area (Å²) in [6, 6.07) is 7.71. The molecule has 0 bridgehead atoms. The second-order valence-electron chi connectivity index (χ2n) is 6.22. The Balaban J connectivity index is 1.54. The monoisotopic (exact) mass is 353 g/mol. The second-order valence-corrected chi connectivity index (χ2v) is 6.22. The fourth-order valence-electron chi connectivity index (χ4n) is 2.66. The molecule has 0 fully saturated rings. The maximum atomic E-state index is 12.2. The first-order chi connectivity index (χ1) is 12.5. The summed E-state index contributed by atoms with van der Waals surface area (Å²) < 4.78 is 9.17. The van der Waals surface area contributed by atoms with Gasteiger partial charge in [-0.2, -0.15) is 10.2 Å². The van der Waals surface area contributed by atoms with E-state index < -0.39 is 0 Å². The zero-order valence-corrected chi connectivity index (χ0v) is 15.3. The van der Waals surface area contributed by atoms with Crippen LogP contribution in [0.5, 0.6) is 5.75 Å². The van der Waals surface area contributed by atoms with Crippen molar-refractivity contribution >= 4 is 5.91 Å². The van der Waals surface area contributed by atoms with E-state index in [9.17, 15) is 4.79 Å². The van der Waals surface area contributed by atoms with Gasteiger partial charge in [0, 0.05) is 31.0 Å². The molecule has 136 valence electrons. The third-order valence-electron chi connectivity index (χ3n) is 3.90. The number of nitrogens with zero attached hydrogens (tertiary/aromatic N) is 4. The summed E-state index contributed by atoms with van der Waals surface area (Å²) in [5, 5.41) is 11.3. The highest BCUT2D eigenvalue weighted by atomic mass is 16.5. The van der Waals surface area contributed by atoms with E-state index in [0.717, 1.165) is 29.0 Å².